The molecule has 16 heteroatoms. The number of aromatic nitrogens is 4. The third-order valence-corrected chi connectivity index (χ3v) is 4.83. The Balaban J connectivity index is 2.21. The third-order valence-electron chi connectivity index (χ3n) is 2.46. The molecule has 25 heavy (non-hydrogen) atoms. The number of hydrogen-bond acceptors (Lipinski definition) is 8. The largest absolute Gasteiger partial charge is 0.445 e. The Kier molecular flexibility index (Phi) is 4.67. The summed E-state index contributed by atoms with van der Waals surface area (Å²) in [6.07, 6.45) is -4.78. The van der Waals surface area contributed by atoms with E-state index in [1.165, 1.54) is 4.72 Å². The highest BCUT2D eigenvalue weighted by atomic mass is 32.2. The zero-order valence-electron chi connectivity index (χ0n) is 11.9. The van der Waals surface area contributed by atoms with Gasteiger partial charge in [-0.3, -0.25) is 15.1 Å². The van der Waals surface area contributed by atoms with Gasteiger partial charge >= 0.3 is 17.9 Å². The molecular weight excluding hydrogens is 393 g/mol. The quantitative estimate of drug-likeness (QED) is 0.551. The zero-order valence-corrected chi connectivity index (χ0v) is 13.5. The van der Waals surface area contributed by atoms with Crippen LogP contribution in [0.5, 0.6) is 0 Å². The summed E-state index contributed by atoms with van der Waals surface area (Å²) in [7, 11) is -4.72. The van der Waals surface area contributed by atoms with Crippen molar-refractivity contribution in [1.82, 2.24) is 24.9 Å². The van der Waals surface area contributed by atoms with E-state index < -0.39 is 48.5 Å². The lowest BCUT2D eigenvalue weighted by molar-refractivity contribution is -0.138. The molecule has 0 fully saturated rings. The molecule has 0 atom stereocenters. The number of carbonyl (C=O) groups is 1. The van der Waals surface area contributed by atoms with Gasteiger partial charge in [-0.15, -0.1) is 10.2 Å². The van der Waals surface area contributed by atoms with Crippen molar-refractivity contribution in [1.29, 1.82) is 0 Å². The van der Waals surface area contributed by atoms with E-state index in [1.807, 2.05) is 4.98 Å². The Morgan fingerprint density at radius 1 is 1.20 bits per heavy atom. The molecule has 0 radical (unpaired) electrons. The van der Waals surface area contributed by atoms with Crippen LogP contribution in [0.1, 0.15) is 10.7 Å². The highest BCUT2D eigenvalue weighted by Gasteiger charge is 2.36. The van der Waals surface area contributed by atoms with Crippen molar-refractivity contribution in [2.75, 3.05) is 5.32 Å². The molecular formula is C9H7F3N6O5S2. The maximum Gasteiger partial charge on any atom is 0.445 e. The molecule has 0 aliphatic carbocycles. The number of carbonyl (C=O) groups excluding carboxylic acids is 1. The summed E-state index contributed by atoms with van der Waals surface area (Å²) in [6.45, 7) is 1.10. The number of halogens is 3. The second kappa shape index (κ2) is 6.28. The van der Waals surface area contributed by atoms with Crippen LogP contribution in [0.25, 0.3) is 0 Å². The zero-order chi connectivity index (χ0) is 19.0. The molecule has 0 bridgehead atoms. The number of urea groups is 1. The van der Waals surface area contributed by atoms with Crippen LogP contribution in [-0.2, 0) is 16.2 Å². The van der Waals surface area contributed by atoms with Gasteiger partial charge < -0.3 is 4.98 Å². The number of rotatable bonds is 3. The molecule has 4 N–H and O–H groups in total. The number of anilines is 1. The van der Waals surface area contributed by atoms with Gasteiger partial charge in [-0.25, -0.2) is 22.7 Å². The lowest BCUT2D eigenvalue weighted by Crippen LogP contribution is -2.39. The molecule has 0 aliphatic rings. The third kappa shape index (κ3) is 4.21. The number of aromatic amines is 2. The van der Waals surface area contributed by atoms with Gasteiger partial charge in [0.2, 0.25) is 10.1 Å². The van der Waals surface area contributed by atoms with Crippen LogP contribution in [-0.4, -0.2) is 34.6 Å². The van der Waals surface area contributed by atoms with Crippen LogP contribution in [0.15, 0.2) is 14.5 Å². The summed E-state index contributed by atoms with van der Waals surface area (Å²) in [5.41, 5.74) is -2.58. The first kappa shape index (κ1) is 18.6. The molecule has 11 nitrogen and oxygen atoms in total. The van der Waals surface area contributed by atoms with Gasteiger partial charge in [0.15, 0.2) is 4.90 Å². The number of amides is 2. The van der Waals surface area contributed by atoms with E-state index in [1.54, 1.807) is 10.3 Å². The fourth-order valence-corrected chi connectivity index (χ4v) is 3.35. The van der Waals surface area contributed by atoms with Crippen molar-refractivity contribution in [2.24, 2.45) is 0 Å². The minimum atomic E-state index is -4.78. The summed E-state index contributed by atoms with van der Waals surface area (Å²) in [5, 5.41) is 5.60. The van der Waals surface area contributed by atoms with Crippen molar-refractivity contribution in [3.05, 3.63) is 31.5 Å². The number of H-pyrrole nitrogens is 2. The van der Waals surface area contributed by atoms with Gasteiger partial charge in [0, 0.05) is 5.69 Å². The second-order valence-corrected chi connectivity index (χ2v) is 6.93. The van der Waals surface area contributed by atoms with E-state index in [0.717, 1.165) is 6.92 Å². The van der Waals surface area contributed by atoms with Crippen molar-refractivity contribution < 1.29 is 26.4 Å². The first-order valence-electron chi connectivity index (χ1n) is 5.98. The van der Waals surface area contributed by atoms with Gasteiger partial charge in [0.05, 0.1) is 0 Å². The normalized spacial score (nSPS) is 12.0. The lowest BCUT2D eigenvalue weighted by atomic mass is 10.4. The first-order valence-corrected chi connectivity index (χ1v) is 8.28. The molecule has 2 aromatic rings. The predicted octanol–water partition coefficient (Wildman–Crippen LogP) is -0.248. The lowest BCUT2D eigenvalue weighted by Gasteiger charge is -2.07. The van der Waals surface area contributed by atoms with Gasteiger partial charge in [0.1, 0.15) is 0 Å². The molecule has 0 saturated carbocycles. The molecule has 2 heterocycles. The van der Waals surface area contributed by atoms with Crippen LogP contribution in [0.2, 0.25) is 0 Å². The number of nitrogens with zero attached hydrogens (tertiary/aromatic N) is 2. The summed E-state index contributed by atoms with van der Waals surface area (Å²) < 4.78 is 62.6. The van der Waals surface area contributed by atoms with E-state index in [9.17, 15) is 36.0 Å². The highest BCUT2D eigenvalue weighted by molar-refractivity contribution is 7.90. The minimum Gasteiger partial charge on any atom is -0.310 e. The maximum absolute atomic E-state index is 12.4. The first-order chi connectivity index (χ1) is 11.4. The van der Waals surface area contributed by atoms with E-state index >= 15 is 0 Å². The Labute approximate surface area is 139 Å². The smallest absolute Gasteiger partial charge is 0.310 e. The van der Waals surface area contributed by atoms with Gasteiger partial charge in [-0.05, 0) is 6.92 Å². The second-order valence-electron chi connectivity index (χ2n) is 4.33. The van der Waals surface area contributed by atoms with Crippen LogP contribution in [0.3, 0.4) is 0 Å². The van der Waals surface area contributed by atoms with Gasteiger partial charge in [0.25, 0.3) is 15.6 Å². The van der Waals surface area contributed by atoms with E-state index in [0.29, 0.717) is 0 Å². The van der Waals surface area contributed by atoms with Crippen LogP contribution in [0.4, 0.5) is 23.1 Å². The van der Waals surface area contributed by atoms with Crippen molar-refractivity contribution in [3.8, 4) is 0 Å². The average molecular weight is 400 g/mol. The topological polar surface area (TPSA) is 167 Å². The van der Waals surface area contributed by atoms with Gasteiger partial charge in [-0.1, -0.05) is 11.3 Å². The number of hydrogen-bond donors (Lipinski definition) is 4. The molecule has 0 unspecified atom stereocenters. The summed E-state index contributed by atoms with van der Waals surface area (Å²) in [5.74, 6) is 0. The van der Waals surface area contributed by atoms with E-state index in [-0.39, 0.29) is 17.0 Å². The SMILES string of the molecule is Cc1[nH]c(=O)[nH]c(=O)c1S(=O)(=O)NC(=O)Nc1nnc(C(F)(F)F)s1. The number of nitrogens with one attached hydrogen (secondary N) is 4. The van der Waals surface area contributed by atoms with Crippen LogP contribution in [0, 0.1) is 6.92 Å². The molecule has 2 amide bonds. The Morgan fingerprint density at radius 3 is 2.36 bits per heavy atom. The molecule has 0 aromatic carbocycles. The maximum atomic E-state index is 12.4. The standard InChI is InChI=1S/C9H7F3N6O5S2/c1-2-3(4(19)14-6(20)13-2)25(22,23)18-7(21)15-8-17-16-5(24-8)9(10,11)12/h1H3,(H2,13,14,19,20)(H2,15,17,18,21). The molecule has 2 rings (SSSR count). The Bertz CT molecular complexity index is 1040. The predicted molar refractivity (Wildman–Crippen MR) is 76.7 cm³/mol. The van der Waals surface area contributed by atoms with Crippen LogP contribution < -0.4 is 21.3 Å². The molecule has 2 aromatic heterocycles. The van der Waals surface area contributed by atoms with Crippen molar-refractivity contribution >= 4 is 32.5 Å². The number of sulfonamides is 1. The average Bonchev–Trinajstić information content (AvgIpc) is 2.83. The fraction of sp³-hybridized carbons (Fsp3) is 0.222. The Hall–Kier alpha value is -2.75. The van der Waals surface area contributed by atoms with Gasteiger partial charge in [-0.2, -0.15) is 13.2 Å². The monoisotopic (exact) mass is 400 g/mol. The van der Waals surface area contributed by atoms with E-state index in [2.05, 4.69) is 10.2 Å². The number of aryl methyl sites for hydroxylation is 1. The molecule has 0 aliphatic heterocycles. The molecule has 0 saturated heterocycles. The highest BCUT2D eigenvalue weighted by Crippen LogP contribution is 2.32. The van der Waals surface area contributed by atoms with Crippen molar-refractivity contribution in [3.63, 3.8) is 0 Å². The number of alkyl halides is 3. The minimum absolute atomic E-state index is 0.0312. The Morgan fingerprint density at radius 2 is 1.84 bits per heavy atom. The summed E-state index contributed by atoms with van der Waals surface area (Å²) in [6, 6.07) is -1.48. The van der Waals surface area contributed by atoms with E-state index in [4.69, 9.17) is 0 Å². The van der Waals surface area contributed by atoms with Crippen molar-refractivity contribution in [2.45, 2.75) is 18.0 Å². The summed E-state index contributed by atoms with van der Waals surface area (Å²) in [4.78, 5) is 37.0. The fourth-order valence-electron chi connectivity index (χ4n) is 1.60. The molecule has 0 spiro atoms. The molecule has 136 valence electrons. The van der Waals surface area contributed by atoms with Crippen LogP contribution >= 0.6 is 11.3 Å². The summed E-state index contributed by atoms with van der Waals surface area (Å²) >= 11 is -0.0312.